The Morgan fingerprint density at radius 1 is 1.09 bits per heavy atom. The van der Waals surface area contributed by atoms with Crippen LogP contribution in [-0.4, -0.2) is 22.0 Å². The second kappa shape index (κ2) is 8.06. The summed E-state index contributed by atoms with van der Waals surface area (Å²) in [5, 5.41) is 16.7. The Bertz CT molecular complexity index is 754. The number of thiazole rings is 1. The number of carbonyl (C=O) groups is 2. The van der Waals surface area contributed by atoms with Crippen molar-refractivity contribution in [1.29, 1.82) is 0 Å². The van der Waals surface area contributed by atoms with E-state index in [-0.39, 0.29) is 5.91 Å². The van der Waals surface area contributed by atoms with E-state index in [4.69, 9.17) is 10.8 Å². The number of nitrogens with one attached hydrogen (secondary N) is 1. The first-order chi connectivity index (χ1) is 11.1. The quantitative estimate of drug-likeness (QED) is 0.630. The molecule has 0 aliphatic carbocycles. The Morgan fingerprint density at radius 3 is 2.30 bits per heavy atom. The third-order valence-electron chi connectivity index (χ3n) is 2.59. The minimum Gasteiger partial charge on any atom is -0.478 e. The van der Waals surface area contributed by atoms with Crippen LogP contribution in [0.3, 0.4) is 0 Å². The first-order valence-corrected chi connectivity index (χ1v) is 8.20. The van der Waals surface area contributed by atoms with Gasteiger partial charge in [0.25, 0.3) is 5.91 Å². The number of carbonyl (C=O) groups excluding carboxylic acids is 1. The van der Waals surface area contributed by atoms with Crippen LogP contribution in [0.15, 0.2) is 52.7 Å². The van der Waals surface area contributed by atoms with E-state index in [1.807, 2.05) is 0 Å². The van der Waals surface area contributed by atoms with Crippen molar-refractivity contribution in [2.24, 2.45) is 0 Å². The van der Waals surface area contributed by atoms with Gasteiger partial charge in [-0.15, -0.1) is 11.3 Å². The SMILES string of the molecule is Nc1ccc(C(=O)Nc2nccs2)cc1.O=C(O)c1ccsc1. The number of thiophene rings is 1. The zero-order valence-corrected chi connectivity index (χ0v) is 13.4. The maximum absolute atomic E-state index is 11.6. The fourth-order valence-corrected chi connectivity index (χ4v) is 2.63. The van der Waals surface area contributed by atoms with Gasteiger partial charge in [0.05, 0.1) is 5.56 Å². The number of carboxylic acid groups (broad SMARTS) is 1. The summed E-state index contributed by atoms with van der Waals surface area (Å²) < 4.78 is 0. The molecule has 0 fully saturated rings. The number of amides is 1. The number of nitrogens with zero attached hydrogens (tertiary/aromatic N) is 1. The fourth-order valence-electron chi connectivity index (χ4n) is 1.48. The first-order valence-electron chi connectivity index (χ1n) is 6.38. The molecule has 0 saturated carbocycles. The van der Waals surface area contributed by atoms with Gasteiger partial charge < -0.3 is 10.8 Å². The fraction of sp³-hybridized carbons (Fsp3) is 0. The molecule has 1 amide bonds. The van der Waals surface area contributed by atoms with E-state index in [2.05, 4.69) is 10.3 Å². The van der Waals surface area contributed by atoms with Gasteiger partial charge >= 0.3 is 5.97 Å². The van der Waals surface area contributed by atoms with Gasteiger partial charge in [0.1, 0.15) is 0 Å². The molecule has 0 atom stereocenters. The molecule has 0 aliphatic rings. The normalized spacial score (nSPS) is 9.57. The lowest BCUT2D eigenvalue weighted by atomic mass is 10.2. The van der Waals surface area contributed by atoms with Crippen molar-refractivity contribution in [3.63, 3.8) is 0 Å². The van der Waals surface area contributed by atoms with E-state index in [1.165, 1.54) is 22.7 Å². The molecule has 0 aliphatic heterocycles. The van der Waals surface area contributed by atoms with Gasteiger partial charge in [-0.3, -0.25) is 10.1 Å². The van der Waals surface area contributed by atoms with E-state index in [0.717, 1.165) is 0 Å². The van der Waals surface area contributed by atoms with Gasteiger partial charge in [-0.05, 0) is 35.7 Å². The molecule has 23 heavy (non-hydrogen) atoms. The lowest BCUT2D eigenvalue weighted by Gasteiger charge is -2.01. The van der Waals surface area contributed by atoms with Crippen LogP contribution in [0.2, 0.25) is 0 Å². The van der Waals surface area contributed by atoms with Crippen LogP contribution in [0.1, 0.15) is 20.7 Å². The molecular weight excluding hydrogens is 334 g/mol. The lowest BCUT2D eigenvalue weighted by Crippen LogP contribution is -2.11. The molecule has 2 aromatic heterocycles. The second-order valence-electron chi connectivity index (χ2n) is 4.23. The molecule has 8 heteroatoms. The number of rotatable bonds is 3. The first kappa shape index (κ1) is 16.7. The smallest absolute Gasteiger partial charge is 0.336 e. The van der Waals surface area contributed by atoms with Gasteiger partial charge in [-0.2, -0.15) is 11.3 Å². The monoisotopic (exact) mass is 347 g/mol. The number of aromatic nitrogens is 1. The predicted octanol–water partition coefficient (Wildman–Crippen LogP) is 3.42. The molecule has 0 spiro atoms. The standard InChI is InChI=1S/C10H9N3OS.C5H4O2S/c11-8-3-1-7(2-4-8)9(14)13-10-12-5-6-15-10;6-5(7)4-1-2-8-3-4/h1-6H,11H2,(H,12,13,14);1-3H,(H,6,7). The zero-order valence-electron chi connectivity index (χ0n) is 11.8. The van der Waals surface area contributed by atoms with E-state index in [1.54, 1.807) is 52.7 Å². The minimum atomic E-state index is -0.855. The Balaban J connectivity index is 0.000000203. The molecule has 118 valence electrons. The summed E-state index contributed by atoms with van der Waals surface area (Å²) in [7, 11) is 0. The average molecular weight is 347 g/mol. The van der Waals surface area contributed by atoms with Crippen molar-refractivity contribution in [3.8, 4) is 0 Å². The summed E-state index contributed by atoms with van der Waals surface area (Å²) in [4.78, 5) is 25.7. The Kier molecular flexibility index (Phi) is 5.84. The highest BCUT2D eigenvalue weighted by atomic mass is 32.1. The van der Waals surface area contributed by atoms with E-state index < -0.39 is 5.97 Å². The van der Waals surface area contributed by atoms with Crippen LogP contribution in [0, 0.1) is 0 Å². The summed E-state index contributed by atoms with van der Waals surface area (Å²) in [6, 6.07) is 8.32. The Labute approximate surface area is 140 Å². The van der Waals surface area contributed by atoms with E-state index >= 15 is 0 Å². The molecule has 0 saturated heterocycles. The molecule has 0 bridgehead atoms. The molecule has 2 heterocycles. The number of benzene rings is 1. The van der Waals surface area contributed by atoms with Crippen LogP contribution in [-0.2, 0) is 0 Å². The van der Waals surface area contributed by atoms with Crippen LogP contribution < -0.4 is 11.1 Å². The summed E-state index contributed by atoms with van der Waals surface area (Å²) in [6.45, 7) is 0. The molecule has 4 N–H and O–H groups in total. The van der Waals surface area contributed by atoms with Gasteiger partial charge in [-0.25, -0.2) is 9.78 Å². The van der Waals surface area contributed by atoms with Gasteiger partial charge in [0.15, 0.2) is 5.13 Å². The molecule has 0 unspecified atom stereocenters. The molecule has 1 aromatic carbocycles. The number of nitrogens with two attached hydrogens (primary N) is 1. The van der Waals surface area contributed by atoms with Crippen LogP contribution >= 0.6 is 22.7 Å². The number of carboxylic acids is 1. The number of anilines is 2. The summed E-state index contributed by atoms with van der Waals surface area (Å²) in [5.74, 6) is -1.03. The Morgan fingerprint density at radius 2 is 1.83 bits per heavy atom. The third kappa shape index (κ3) is 5.20. The van der Waals surface area contributed by atoms with Crippen LogP contribution in [0.25, 0.3) is 0 Å². The molecular formula is C15H13N3O3S2. The number of hydrogen-bond acceptors (Lipinski definition) is 6. The topological polar surface area (TPSA) is 105 Å². The maximum atomic E-state index is 11.6. The summed E-state index contributed by atoms with van der Waals surface area (Å²) in [5.41, 5.74) is 7.10. The molecule has 3 aromatic rings. The number of hydrogen-bond donors (Lipinski definition) is 3. The highest BCUT2D eigenvalue weighted by Crippen LogP contribution is 2.13. The summed E-state index contributed by atoms with van der Waals surface area (Å²) in [6.07, 6.45) is 1.64. The maximum Gasteiger partial charge on any atom is 0.336 e. The predicted molar refractivity (Wildman–Crippen MR) is 92.2 cm³/mol. The minimum absolute atomic E-state index is 0.176. The zero-order chi connectivity index (χ0) is 16.7. The highest BCUT2D eigenvalue weighted by molar-refractivity contribution is 7.13. The second-order valence-corrected chi connectivity index (χ2v) is 5.91. The van der Waals surface area contributed by atoms with Crippen molar-refractivity contribution in [2.75, 3.05) is 11.1 Å². The van der Waals surface area contributed by atoms with Gasteiger partial charge in [0.2, 0.25) is 0 Å². The summed E-state index contributed by atoms with van der Waals surface area (Å²) >= 11 is 2.77. The van der Waals surface area contributed by atoms with E-state index in [9.17, 15) is 9.59 Å². The average Bonchev–Trinajstić information content (AvgIpc) is 3.22. The number of aromatic carboxylic acids is 1. The molecule has 6 nitrogen and oxygen atoms in total. The van der Waals surface area contributed by atoms with Gasteiger partial charge in [0, 0.05) is 28.2 Å². The van der Waals surface area contributed by atoms with Crippen molar-refractivity contribution >= 4 is 45.4 Å². The van der Waals surface area contributed by atoms with Crippen LogP contribution in [0.4, 0.5) is 10.8 Å². The number of nitrogen functional groups attached to an aromatic ring is 1. The van der Waals surface area contributed by atoms with Crippen molar-refractivity contribution in [1.82, 2.24) is 4.98 Å². The highest BCUT2D eigenvalue weighted by Gasteiger charge is 2.06. The Hall–Kier alpha value is -2.71. The van der Waals surface area contributed by atoms with Gasteiger partial charge in [-0.1, -0.05) is 0 Å². The van der Waals surface area contributed by atoms with Crippen molar-refractivity contribution in [2.45, 2.75) is 0 Å². The largest absolute Gasteiger partial charge is 0.478 e. The van der Waals surface area contributed by atoms with Crippen molar-refractivity contribution in [3.05, 3.63) is 63.8 Å². The molecule has 0 radical (unpaired) electrons. The molecule has 3 rings (SSSR count). The van der Waals surface area contributed by atoms with E-state index in [0.29, 0.717) is 21.9 Å². The lowest BCUT2D eigenvalue weighted by molar-refractivity contribution is 0.0697. The third-order valence-corrected chi connectivity index (χ3v) is 3.97. The van der Waals surface area contributed by atoms with Crippen molar-refractivity contribution < 1.29 is 14.7 Å². The van der Waals surface area contributed by atoms with Crippen LogP contribution in [0.5, 0.6) is 0 Å².